The standard InChI is InChI=1S/C64H80O4/c1-15-27-65-57-45-29-49-37-55(63(9,10)11)39-51(59(49)67-41-43-23-19-17-20-24-43)31-47-35-54(62(6,7)8)36-48(58(47)66-28-16-2)32-52-40-56(64(12,13)14)38-50(30-46(57)34-53(33-45)61(3,4)5)60(52)68-42-44-25-21-18-22-26-44/h17-26,33-40H,15-16,27-32,41-42H2,1-14H3. The minimum absolute atomic E-state index is 0.119. The van der Waals surface area contributed by atoms with E-state index >= 15 is 0 Å². The maximum absolute atomic E-state index is 7.21. The Hall–Kier alpha value is -5.48. The molecule has 7 rings (SSSR count). The maximum Gasteiger partial charge on any atom is 0.126 e. The van der Waals surface area contributed by atoms with Gasteiger partial charge >= 0.3 is 0 Å². The molecule has 1 aliphatic rings. The molecule has 0 radical (unpaired) electrons. The Labute approximate surface area is 410 Å². The molecule has 0 atom stereocenters. The van der Waals surface area contributed by atoms with E-state index in [1.54, 1.807) is 0 Å². The van der Waals surface area contributed by atoms with Gasteiger partial charge in [0.1, 0.15) is 36.2 Å². The van der Waals surface area contributed by atoms with Gasteiger partial charge in [0.05, 0.1) is 13.2 Å². The van der Waals surface area contributed by atoms with Gasteiger partial charge in [-0.1, -0.05) is 206 Å². The van der Waals surface area contributed by atoms with Crippen molar-refractivity contribution in [1.82, 2.24) is 0 Å². The van der Waals surface area contributed by atoms with Crippen molar-refractivity contribution in [2.75, 3.05) is 13.2 Å². The monoisotopic (exact) mass is 913 g/mol. The van der Waals surface area contributed by atoms with Crippen LogP contribution < -0.4 is 18.9 Å². The van der Waals surface area contributed by atoms with Crippen molar-refractivity contribution in [2.45, 2.75) is 170 Å². The summed E-state index contributed by atoms with van der Waals surface area (Å²) in [5, 5.41) is 0. The molecule has 1 aliphatic carbocycles. The van der Waals surface area contributed by atoms with Crippen LogP contribution in [0, 0.1) is 0 Å². The van der Waals surface area contributed by atoms with Gasteiger partial charge in [0, 0.05) is 25.7 Å². The van der Waals surface area contributed by atoms with Gasteiger partial charge in [-0.25, -0.2) is 0 Å². The lowest BCUT2D eigenvalue weighted by molar-refractivity contribution is 0.296. The van der Waals surface area contributed by atoms with Gasteiger partial charge in [0.25, 0.3) is 0 Å². The van der Waals surface area contributed by atoms with E-state index in [-0.39, 0.29) is 21.7 Å². The fourth-order valence-electron chi connectivity index (χ4n) is 9.23. The molecule has 0 heterocycles. The van der Waals surface area contributed by atoms with E-state index in [2.05, 4.69) is 206 Å². The molecule has 0 amide bonds. The summed E-state index contributed by atoms with van der Waals surface area (Å²) in [6, 6.07) is 40.5. The van der Waals surface area contributed by atoms with Gasteiger partial charge in [-0.2, -0.15) is 0 Å². The van der Waals surface area contributed by atoms with Crippen LogP contribution in [-0.4, -0.2) is 13.2 Å². The first kappa shape index (κ1) is 50.4. The van der Waals surface area contributed by atoms with Crippen molar-refractivity contribution >= 4 is 0 Å². The number of fused-ring (bicyclic) bond motifs is 8. The summed E-state index contributed by atoms with van der Waals surface area (Å²) in [6.07, 6.45) is 4.39. The Kier molecular flexibility index (Phi) is 15.3. The van der Waals surface area contributed by atoms with Gasteiger partial charge in [0.15, 0.2) is 0 Å². The van der Waals surface area contributed by atoms with Crippen LogP contribution in [0.4, 0.5) is 0 Å². The lowest BCUT2D eigenvalue weighted by atomic mass is 9.79. The van der Waals surface area contributed by atoms with Crippen LogP contribution in [0.15, 0.2) is 109 Å². The molecular weight excluding hydrogens is 833 g/mol. The third kappa shape index (κ3) is 12.2. The van der Waals surface area contributed by atoms with Crippen LogP contribution in [0.5, 0.6) is 23.0 Å². The normalized spacial score (nSPS) is 13.3. The molecule has 6 aromatic carbocycles. The lowest BCUT2D eigenvalue weighted by Crippen LogP contribution is -2.18. The molecule has 0 saturated heterocycles. The lowest BCUT2D eigenvalue weighted by Gasteiger charge is -2.29. The molecule has 6 aromatic rings. The largest absolute Gasteiger partial charge is 0.493 e. The van der Waals surface area contributed by atoms with Crippen LogP contribution in [0.2, 0.25) is 0 Å². The third-order valence-electron chi connectivity index (χ3n) is 13.3. The number of hydrogen-bond acceptors (Lipinski definition) is 4. The number of hydrogen-bond donors (Lipinski definition) is 0. The first-order chi connectivity index (χ1) is 32.1. The summed E-state index contributed by atoms with van der Waals surface area (Å²) in [6.45, 7) is 34.5. The zero-order chi connectivity index (χ0) is 49.0. The highest BCUT2D eigenvalue weighted by Crippen LogP contribution is 2.45. The summed E-state index contributed by atoms with van der Waals surface area (Å²) >= 11 is 0. The SMILES string of the molecule is CCCOc1c2cc(C(C)(C)C)cc1Cc1cc(C(C)(C)C)cc(c1OCc1ccccc1)Cc1cc(C(C)(C)C)cc(c1OCCC)Cc1cc(C(C)(C)C)cc(c1OCc1ccccc1)C2. The second-order valence-corrected chi connectivity index (χ2v) is 23.4. The maximum atomic E-state index is 7.21. The van der Waals surface area contributed by atoms with E-state index < -0.39 is 0 Å². The van der Waals surface area contributed by atoms with Crippen LogP contribution in [0.3, 0.4) is 0 Å². The zero-order valence-electron chi connectivity index (χ0n) is 44.1. The first-order valence-corrected chi connectivity index (χ1v) is 25.4. The molecule has 0 aliphatic heterocycles. The Bertz CT molecular complexity index is 2380. The summed E-state index contributed by atoms with van der Waals surface area (Å²) in [5.41, 5.74) is 16.3. The van der Waals surface area contributed by atoms with Crippen LogP contribution in [0.25, 0.3) is 0 Å². The van der Waals surface area contributed by atoms with Crippen molar-refractivity contribution in [2.24, 2.45) is 0 Å². The minimum atomic E-state index is -0.119. The van der Waals surface area contributed by atoms with E-state index in [0.29, 0.717) is 52.1 Å². The van der Waals surface area contributed by atoms with E-state index in [9.17, 15) is 0 Å². The Morgan fingerprint density at radius 3 is 0.750 bits per heavy atom. The van der Waals surface area contributed by atoms with Crippen LogP contribution in [0.1, 0.15) is 188 Å². The molecule has 0 spiro atoms. The Morgan fingerprint density at radius 2 is 0.544 bits per heavy atom. The van der Waals surface area contributed by atoms with Gasteiger partial charge in [-0.05, 0) is 112 Å². The van der Waals surface area contributed by atoms with Crippen molar-refractivity contribution in [3.8, 4) is 23.0 Å². The average Bonchev–Trinajstić information content (AvgIpc) is 3.26. The number of benzene rings is 6. The van der Waals surface area contributed by atoms with Crippen LogP contribution in [-0.2, 0) is 60.6 Å². The van der Waals surface area contributed by atoms with Crippen molar-refractivity contribution in [1.29, 1.82) is 0 Å². The van der Waals surface area contributed by atoms with Gasteiger partial charge < -0.3 is 18.9 Å². The summed E-state index contributed by atoms with van der Waals surface area (Å²) in [7, 11) is 0. The number of rotatable bonds is 12. The van der Waals surface area contributed by atoms with Gasteiger partial charge in [-0.3, -0.25) is 0 Å². The highest BCUT2D eigenvalue weighted by molar-refractivity contribution is 5.60. The molecule has 360 valence electrons. The Morgan fingerprint density at radius 1 is 0.324 bits per heavy atom. The predicted octanol–water partition coefficient (Wildman–Crippen LogP) is 16.3. The quantitative estimate of drug-likeness (QED) is 0.122. The number of ether oxygens (including phenoxy) is 4. The topological polar surface area (TPSA) is 36.9 Å². The summed E-state index contributed by atoms with van der Waals surface area (Å²) < 4.78 is 28.5. The molecule has 0 N–H and O–H groups in total. The molecule has 68 heavy (non-hydrogen) atoms. The molecule has 0 aromatic heterocycles. The van der Waals surface area contributed by atoms with Gasteiger partial charge in [0.2, 0.25) is 0 Å². The van der Waals surface area contributed by atoms with Crippen molar-refractivity contribution < 1.29 is 18.9 Å². The third-order valence-corrected chi connectivity index (χ3v) is 13.3. The fraction of sp³-hybridized carbons (Fsp3) is 0.438. The van der Waals surface area contributed by atoms with E-state index in [4.69, 9.17) is 18.9 Å². The summed E-state index contributed by atoms with van der Waals surface area (Å²) in [4.78, 5) is 0. The van der Waals surface area contributed by atoms with Crippen molar-refractivity contribution in [3.05, 3.63) is 187 Å². The second-order valence-electron chi connectivity index (χ2n) is 23.4. The molecule has 0 unspecified atom stereocenters. The zero-order valence-corrected chi connectivity index (χ0v) is 44.1. The Balaban J connectivity index is 1.62. The van der Waals surface area contributed by atoms with E-state index in [0.717, 1.165) is 47.0 Å². The van der Waals surface area contributed by atoms with Crippen molar-refractivity contribution in [3.63, 3.8) is 0 Å². The van der Waals surface area contributed by atoms with E-state index in [1.165, 1.54) is 66.8 Å². The molecule has 4 nitrogen and oxygen atoms in total. The molecule has 4 heteroatoms. The minimum Gasteiger partial charge on any atom is -0.493 e. The average molecular weight is 913 g/mol. The second kappa shape index (κ2) is 20.6. The molecular formula is C64H80O4. The highest BCUT2D eigenvalue weighted by atomic mass is 16.5. The molecule has 0 fully saturated rings. The van der Waals surface area contributed by atoms with Gasteiger partial charge in [-0.15, -0.1) is 0 Å². The molecule has 0 saturated carbocycles. The predicted molar refractivity (Wildman–Crippen MR) is 285 cm³/mol. The fourth-order valence-corrected chi connectivity index (χ4v) is 9.23. The van der Waals surface area contributed by atoms with E-state index in [1.807, 2.05) is 0 Å². The molecule has 8 bridgehead atoms. The smallest absolute Gasteiger partial charge is 0.126 e. The summed E-state index contributed by atoms with van der Waals surface area (Å²) in [5.74, 6) is 3.82. The van der Waals surface area contributed by atoms with Crippen LogP contribution >= 0.6 is 0 Å². The first-order valence-electron chi connectivity index (χ1n) is 25.4. The highest BCUT2D eigenvalue weighted by Gasteiger charge is 2.29.